The molecule has 154 valence electrons. The van der Waals surface area contributed by atoms with Crippen LogP contribution in [0, 0.1) is 0 Å². The summed E-state index contributed by atoms with van der Waals surface area (Å²) in [5.41, 5.74) is 1.06. The maximum Gasteiger partial charge on any atom is 0.398 e. The Morgan fingerprint density at radius 2 is 1.72 bits per heavy atom. The molecule has 12 heteroatoms. The molecule has 0 saturated carbocycles. The van der Waals surface area contributed by atoms with Gasteiger partial charge in [0.25, 0.3) is 0 Å². The first-order chi connectivity index (χ1) is 13.7. The topological polar surface area (TPSA) is 76.7 Å². The molecular formula is C17H14F5N5OS. The van der Waals surface area contributed by atoms with Crippen molar-refractivity contribution in [3.63, 3.8) is 0 Å². The van der Waals surface area contributed by atoms with Gasteiger partial charge in [-0.25, -0.2) is 8.78 Å². The summed E-state index contributed by atoms with van der Waals surface area (Å²) in [7, 11) is 0. The third-order valence-electron chi connectivity index (χ3n) is 3.86. The third-order valence-corrected chi connectivity index (χ3v) is 4.94. The number of thioether (sulfide) groups is 1. The largest absolute Gasteiger partial charge is 0.398 e. The molecule has 1 aromatic carbocycles. The summed E-state index contributed by atoms with van der Waals surface area (Å²) in [5.74, 6) is -0.983. The molecule has 0 fully saturated rings. The predicted octanol–water partition coefficient (Wildman–Crippen LogP) is 3.93. The highest BCUT2D eigenvalue weighted by Gasteiger charge is 2.32. The van der Waals surface area contributed by atoms with Gasteiger partial charge in [0.05, 0.1) is 11.4 Å². The van der Waals surface area contributed by atoms with Crippen molar-refractivity contribution in [1.29, 1.82) is 0 Å². The van der Waals surface area contributed by atoms with Crippen LogP contribution in [0.5, 0.6) is 0 Å². The molecule has 1 N–H and O–H groups in total. The molecule has 29 heavy (non-hydrogen) atoms. The summed E-state index contributed by atoms with van der Waals surface area (Å²) >= 11 is 0.673. The van der Waals surface area contributed by atoms with Crippen LogP contribution in [-0.4, -0.2) is 48.3 Å². The highest BCUT2D eigenvalue weighted by molar-refractivity contribution is 7.99. The maximum atomic E-state index is 14.4. The molecule has 0 radical (unpaired) electrons. The van der Waals surface area contributed by atoms with Crippen molar-refractivity contribution in [2.75, 3.05) is 5.75 Å². The maximum absolute atomic E-state index is 14.4. The zero-order valence-electron chi connectivity index (χ0n) is 14.5. The lowest BCUT2D eigenvalue weighted by atomic mass is 10.1. The normalized spacial score (nSPS) is 15.1. The van der Waals surface area contributed by atoms with Gasteiger partial charge in [-0.2, -0.15) is 17.9 Å². The number of nitrogens with zero attached hydrogens (tertiary/aromatic N) is 5. The minimum atomic E-state index is -4.25. The summed E-state index contributed by atoms with van der Waals surface area (Å²) in [5, 5.41) is 19.6. The Labute approximate surface area is 165 Å². The Kier molecular flexibility index (Phi) is 6.42. The fraction of sp³-hybridized carbons (Fsp3) is 0.294. The molecule has 3 atom stereocenters. The first-order valence-electron chi connectivity index (χ1n) is 8.19. The number of aliphatic hydroxyl groups excluding tert-OH is 1. The van der Waals surface area contributed by atoms with Crippen LogP contribution < -0.4 is 0 Å². The van der Waals surface area contributed by atoms with E-state index in [2.05, 4.69) is 20.5 Å². The number of aliphatic hydroxyl groups is 1. The van der Waals surface area contributed by atoms with Crippen molar-refractivity contribution < 1.29 is 27.1 Å². The molecule has 2 aromatic heterocycles. The second-order valence-electron chi connectivity index (χ2n) is 5.95. The van der Waals surface area contributed by atoms with Gasteiger partial charge in [0.15, 0.2) is 6.17 Å². The van der Waals surface area contributed by atoms with Crippen LogP contribution in [0.3, 0.4) is 0 Å². The monoisotopic (exact) mass is 431 g/mol. The number of hydrogen-bond acceptors (Lipinski definition) is 6. The van der Waals surface area contributed by atoms with Crippen molar-refractivity contribution in [2.45, 2.75) is 29.6 Å². The number of alkyl halides is 5. The summed E-state index contributed by atoms with van der Waals surface area (Å²) in [4.78, 5) is 4.37. The molecule has 0 aliphatic heterocycles. The van der Waals surface area contributed by atoms with Crippen molar-refractivity contribution >= 4 is 11.8 Å². The SMILES string of the molecule is OC(C(F)c1ccc(-c2ccc(SCC(F)(F)F)cc2)cn1)C(F)n1cnnn1. The van der Waals surface area contributed by atoms with Gasteiger partial charge in [-0.05, 0) is 34.2 Å². The van der Waals surface area contributed by atoms with Crippen molar-refractivity contribution in [1.82, 2.24) is 25.2 Å². The number of rotatable bonds is 7. The lowest BCUT2D eigenvalue weighted by molar-refractivity contribution is -0.105. The highest BCUT2D eigenvalue weighted by Crippen LogP contribution is 2.31. The van der Waals surface area contributed by atoms with E-state index in [0.29, 0.717) is 32.5 Å². The van der Waals surface area contributed by atoms with Gasteiger partial charge in [-0.1, -0.05) is 18.2 Å². The Morgan fingerprint density at radius 1 is 1.03 bits per heavy atom. The highest BCUT2D eigenvalue weighted by atomic mass is 32.2. The lowest BCUT2D eigenvalue weighted by Gasteiger charge is -2.18. The fourth-order valence-electron chi connectivity index (χ4n) is 2.40. The van der Waals surface area contributed by atoms with Crippen LogP contribution in [-0.2, 0) is 0 Å². The van der Waals surface area contributed by atoms with Crippen molar-refractivity contribution in [3.8, 4) is 11.1 Å². The Bertz CT molecular complexity index is 905. The molecule has 3 unspecified atom stereocenters. The Morgan fingerprint density at radius 3 is 2.28 bits per heavy atom. The van der Waals surface area contributed by atoms with Crippen LogP contribution in [0.4, 0.5) is 22.0 Å². The molecule has 3 rings (SSSR count). The van der Waals surface area contributed by atoms with Gasteiger partial charge in [0, 0.05) is 16.7 Å². The van der Waals surface area contributed by atoms with Gasteiger partial charge >= 0.3 is 6.18 Å². The Hall–Kier alpha value is -2.60. The summed E-state index contributed by atoms with van der Waals surface area (Å²) in [6.45, 7) is 0. The summed E-state index contributed by atoms with van der Waals surface area (Å²) < 4.78 is 65.8. The van der Waals surface area contributed by atoms with Crippen LogP contribution in [0.1, 0.15) is 18.2 Å². The van der Waals surface area contributed by atoms with Crippen LogP contribution in [0.25, 0.3) is 11.1 Å². The zero-order valence-corrected chi connectivity index (χ0v) is 15.4. The smallest absolute Gasteiger partial charge is 0.385 e. The van der Waals surface area contributed by atoms with Gasteiger partial charge in [0.2, 0.25) is 6.30 Å². The molecule has 0 amide bonds. The van der Waals surface area contributed by atoms with E-state index in [1.807, 2.05) is 0 Å². The predicted molar refractivity (Wildman–Crippen MR) is 94.3 cm³/mol. The number of aromatic nitrogens is 5. The number of tetrazole rings is 1. The van der Waals surface area contributed by atoms with E-state index in [0.717, 1.165) is 6.33 Å². The van der Waals surface area contributed by atoms with Gasteiger partial charge in [0.1, 0.15) is 12.4 Å². The molecule has 6 nitrogen and oxygen atoms in total. The van der Waals surface area contributed by atoms with Crippen molar-refractivity contribution in [2.24, 2.45) is 0 Å². The fourth-order valence-corrected chi connectivity index (χ4v) is 3.06. The van der Waals surface area contributed by atoms with E-state index in [1.165, 1.54) is 18.3 Å². The average Bonchev–Trinajstić information content (AvgIpc) is 3.25. The minimum absolute atomic E-state index is 0.186. The van der Waals surface area contributed by atoms with Gasteiger partial charge < -0.3 is 5.11 Å². The minimum Gasteiger partial charge on any atom is -0.385 e. The van der Waals surface area contributed by atoms with Crippen LogP contribution in [0.15, 0.2) is 53.8 Å². The number of hydrogen-bond donors (Lipinski definition) is 1. The van der Waals surface area contributed by atoms with Gasteiger partial charge in [-0.15, -0.1) is 16.9 Å². The number of benzene rings is 1. The van der Waals surface area contributed by atoms with E-state index < -0.39 is 30.5 Å². The second kappa shape index (κ2) is 8.82. The molecule has 0 aliphatic carbocycles. The van der Waals surface area contributed by atoms with E-state index in [-0.39, 0.29) is 5.69 Å². The molecule has 0 aliphatic rings. The van der Waals surface area contributed by atoms with E-state index in [4.69, 9.17) is 0 Å². The second-order valence-corrected chi connectivity index (χ2v) is 7.00. The third kappa shape index (κ3) is 5.48. The van der Waals surface area contributed by atoms with Crippen molar-refractivity contribution in [3.05, 3.63) is 54.6 Å². The average molecular weight is 431 g/mol. The van der Waals surface area contributed by atoms with Crippen LogP contribution in [0.2, 0.25) is 0 Å². The molecule has 0 bridgehead atoms. The molecule has 3 aromatic rings. The summed E-state index contributed by atoms with van der Waals surface area (Å²) in [6, 6.07) is 9.13. The number of halogens is 5. The molecule has 0 saturated heterocycles. The molecule has 2 heterocycles. The first-order valence-corrected chi connectivity index (χ1v) is 9.18. The van der Waals surface area contributed by atoms with Crippen LogP contribution >= 0.6 is 11.8 Å². The van der Waals surface area contributed by atoms with Gasteiger partial charge in [-0.3, -0.25) is 4.98 Å². The zero-order chi connectivity index (χ0) is 21.0. The first kappa shape index (κ1) is 21.1. The van der Waals surface area contributed by atoms with E-state index in [9.17, 15) is 27.1 Å². The quantitative estimate of drug-likeness (QED) is 0.451. The summed E-state index contributed by atoms with van der Waals surface area (Å²) in [6.07, 6.45) is -8.39. The molecule has 0 spiro atoms. The van der Waals surface area contributed by atoms with E-state index >= 15 is 0 Å². The molecular weight excluding hydrogens is 417 g/mol. The Balaban J connectivity index is 1.66. The van der Waals surface area contributed by atoms with E-state index in [1.54, 1.807) is 24.3 Å². The number of pyridine rings is 1. The lowest BCUT2D eigenvalue weighted by Crippen LogP contribution is -2.26. The standard InChI is InChI=1S/C17H14F5N5OS/c18-14(15(28)16(19)27-9-24-25-26-27)13-6-3-11(7-23-13)10-1-4-12(5-2-10)29-8-17(20,21)22/h1-7,9,14-16,28H,8H2.